The first-order valence-corrected chi connectivity index (χ1v) is 20.8. The highest BCUT2D eigenvalue weighted by Gasteiger charge is 2.27. The molecule has 7 aromatic rings. The number of imidazole rings is 2. The van der Waals surface area contributed by atoms with Crippen molar-refractivity contribution in [3.05, 3.63) is 149 Å². The van der Waals surface area contributed by atoms with Crippen LogP contribution in [0.15, 0.2) is 109 Å². The molecule has 5 aromatic carbocycles. The smallest absolute Gasteiger partial charge is 0.172 e. The zero-order chi connectivity index (χ0) is 42.7. The molecule has 0 saturated carbocycles. The first-order chi connectivity index (χ1) is 28.9. The van der Waals surface area contributed by atoms with E-state index in [9.17, 15) is 8.78 Å². The normalized spacial score (nSPS) is 11.6. The van der Waals surface area contributed by atoms with Gasteiger partial charge in [-0.3, -0.25) is 0 Å². The van der Waals surface area contributed by atoms with Crippen LogP contribution in [0, 0.1) is 36.1 Å². The van der Waals surface area contributed by atoms with Crippen LogP contribution in [-0.2, 0) is 25.9 Å². The standard InChI is InChI=1S/C50H52F4N6/c1-8-10-26-59-42-22-16-21-41(48(42)57-49(59)37-19-12-11-17-31(37)5)56-36-25-24-34(9-2)35(28-36)18-13-14-27-60-43-23-15-20-40(55-33(7)32(6)30(3)4)47(43)58-50(60)44-45(53)38(51)29-39(52)46(44)54/h11-12,15-17,19-25,28-30,55-56H,6-10,13-14,18,26-27H2,1-5H3. The predicted octanol–water partition coefficient (Wildman–Crippen LogP) is 13.9. The Morgan fingerprint density at radius 2 is 1.33 bits per heavy atom. The van der Waals surface area contributed by atoms with Crippen molar-refractivity contribution in [2.75, 3.05) is 10.6 Å². The second-order valence-corrected chi connectivity index (χ2v) is 15.7. The molecule has 0 aliphatic rings. The van der Waals surface area contributed by atoms with Gasteiger partial charge in [-0.1, -0.05) is 89.7 Å². The van der Waals surface area contributed by atoms with Crippen molar-refractivity contribution in [2.24, 2.45) is 5.92 Å². The van der Waals surface area contributed by atoms with Gasteiger partial charge in [0.2, 0.25) is 0 Å². The molecule has 2 heterocycles. The Hall–Kier alpha value is -6.16. The summed E-state index contributed by atoms with van der Waals surface area (Å²) in [5.41, 5.74) is 10.5. The predicted molar refractivity (Wildman–Crippen MR) is 239 cm³/mol. The van der Waals surface area contributed by atoms with Crippen LogP contribution in [-0.4, -0.2) is 19.1 Å². The lowest BCUT2D eigenvalue weighted by atomic mass is 9.99. The van der Waals surface area contributed by atoms with E-state index in [1.165, 1.54) is 16.7 Å². The molecule has 0 atom stereocenters. The molecule has 0 aliphatic carbocycles. The molecule has 2 N–H and O–H groups in total. The summed E-state index contributed by atoms with van der Waals surface area (Å²) >= 11 is 0. The number of aryl methyl sites for hydroxylation is 5. The SMILES string of the molecule is C=C(Nc1cccc2c1nc(-c1c(F)c(F)cc(F)c1F)n2CCCCc1cc(Nc2cccc3c2nc(-c2ccccc2C)n3CCCC)ccc1CC)C(=C)C(C)C. The molecule has 310 valence electrons. The summed E-state index contributed by atoms with van der Waals surface area (Å²) in [4.78, 5) is 9.86. The quantitative estimate of drug-likeness (QED) is 0.0416. The summed E-state index contributed by atoms with van der Waals surface area (Å²) in [6.07, 6.45) is 5.00. The molecule has 0 fully saturated rings. The van der Waals surface area contributed by atoms with Crippen LogP contribution < -0.4 is 10.6 Å². The molecule has 6 nitrogen and oxygen atoms in total. The zero-order valence-corrected chi connectivity index (χ0v) is 35.0. The van der Waals surface area contributed by atoms with Crippen LogP contribution in [0.2, 0.25) is 0 Å². The van der Waals surface area contributed by atoms with E-state index in [-0.39, 0.29) is 24.4 Å². The maximum absolute atomic E-state index is 15.4. The van der Waals surface area contributed by atoms with Crippen molar-refractivity contribution in [1.82, 2.24) is 19.1 Å². The van der Waals surface area contributed by atoms with Gasteiger partial charge in [0.25, 0.3) is 0 Å². The maximum Gasteiger partial charge on any atom is 0.172 e. The Labute approximate surface area is 349 Å². The van der Waals surface area contributed by atoms with Gasteiger partial charge in [-0.05, 0) is 104 Å². The molecule has 0 spiro atoms. The fourth-order valence-electron chi connectivity index (χ4n) is 7.87. The number of anilines is 3. The Morgan fingerprint density at radius 1 is 0.700 bits per heavy atom. The second-order valence-electron chi connectivity index (χ2n) is 15.7. The van der Waals surface area contributed by atoms with Crippen molar-refractivity contribution < 1.29 is 17.6 Å². The number of fused-ring (bicyclic) bond motifs is 2. The van der Waals surface area contributed by atoms with Gasteiger partial charge in [0.15, 0.2) is 23.3 Å². The number of para-hydroxylation sites is 2. The summed E-state index contributed by atoms with van der Waals surface area (Å²) < 4.78 is 64.0. The van der Waals surface area contributed by atoms with Crippen LogP contribution in [0.4, 0.5) is 34.6 Å². The number of halogens is 4. The number of hydrogen-bond acceptors (Lipinski definition) is 4. The van der Waals surface area contributed by atoms with Crippen molar-refractivity contribution in [3.8, 4) is 22.8 Å². The molecule has 60 heavy (non-hydrogen) atoms. The lowest BCUT2D eigenvalue weighted by Crippen LogP contribution is -2.07. The van der Waals surface area contributed by atoms with Gasteiger partial charge in [0, 0.05) is 36.1 Å². The van der Waals surface area contributed by atoms with Gasteiger partial charge in [-0.25, -0.2) is 27.5 Å². The number of nitrogens with one attached hydrogen (secondary N) is 2. The third kappa shape index (κ3) is 8.33. The molecule has 0 saturated heterocycles. The monoisotopic (exact) mass is 812 g/mol. The number of aromatic nitrogens is 4. The fourth-order valence-corrected chi connectivity index (χ4v) is 7.87. The van der Waals surface area contributed by atoms with E-state index >= 15 is 8.78 Å². The highest BCUT2D eigenvalue weighted by atomic mass is 19.2. The number of allylic oxidation sites excluding steroid dienone is 1. The molecule has 2 aromatic heterocycles. The number of hydrogen-bond donors (Lipinski definition) is 2. The average Bonchev–Trinajstić information content (AvgIpc) is 3.80. The van der Waals surface area contributed by atoms with Crippen LogP contribution in [0.5, 0.6) is 0 Å². The molecule has 7 rings (SSSR count). The van der Waals surface area contributed by atoms with E-state index < -0.39 is 28.8 Å². The average molecular weight is 813 g/mol. The van der Waals surface area contributed by atoms with Crippen LogP contribution >= 0.6 is 0 Å². The highest BCUT2D eigenvalue weighted by Crippen LogP contribution is 2.36. The van der Waals surface area contributed by atoms with Gasteiger partial charge in [0.05, 0.1) is 28.0 Å². The molecule has 0 unspecified atom stereocenters. The lowest BCUT2D eigenvalue weighted by molar-refractivity contribution is 0.456. The molecule has 0 amide bonds. The Morgan fingerprint density at radius 3 is 2.00 bits per heavy atom. The van der Waals surface area contributed by atoms with Gasteiger partial charge >= 0.3 is 0 Å². The minimum absolute atomic E-state index is 0.118. The minimum atomic E-state index is -1.50. The molecular weight excluding hydrogens is 761 g/mol. The van der Waals surface area contributed by atoms with Crippen LogP contribution in [0.3, 0.4) is 0 Å². The Bertz CT molecular complexity index is 2700. The van der Waals surface area contributed by atoms with Gasteiger partial charge in [-0.15, -0.1) is 0 Å². The maximum atomic E-state index is 15.4. The number of nitrogens with zero attached hydrogens (tertiary/aromatic N) is 4. The third-order valence-electron chi connectivity index (χ3n) is 11.3. The largest absolute Gasteiger partial charge is 0.354 e. The van der Waals surface area contributed by atoms with Gasteiger partial charge in [0.1, 0.15) is 22.7 Å². The van der Waals surface area contributed by atoms with Gasteiger partial charge in [-0.2, -0.15) is 0 Å². The van der Waals surface area contributed by atoms with E-state index in [2.05, 4.69) is 115 Å². The summed E-state index contributed by atoms with van der Waals surface area (Å²) in [5, 5.41) is 6.92. The van der Waals surface area contributed by atoms with E-state index in [0.717, 1.165) is 78.0 Å². The summed E-state index contributed by atoms with van der Waals surface area (Å²) in [6, 6.07) is 26.6. The summed E-state index contributed by atoms with van der Waals surface area (Å²) in [7, 11) is 0. The van der Waals surface area contributed by atoms with Crippen LogP contribution in [0.25, 0.3) is 44.8 Å². The van der Waals surface area contributed by atoms with E-state index in [1.807, 2.05) is 13.8 Å². The molecule has 0 aliphatic heterocycles. The lowest BCUT2D eigenvalue weighted by Gasteiger charge is -2.15. The van der Waals surface area contributed by atoms with Crippen molar-refractivity contribution >= 4 is 39.1 Å². The van der Waals surface area contributed by atoms with E-state index in [4.69, 9.17) is 4.98 Å². The number of benzene rings is 5. The van der Waals surface area contributed by atoms with E-state index in [1.54, 1.807) is 22.8 Å². The highest BCUT2D eigenvalue weighted by molar-refractivity contribution is 5.94. The summed E-state index contributed by atoms with van der Waals surface area (Å²) in [6.45, 7) is 19.8. The Balaban J connectivity index is 1.17. The van der Waals surface area contributed by atoms with E-state index in [0.29, 0.717) is 28.8 Å². The van der Waals surface area contributed by atoms with Crippen LogP contribution in [0.1, 0.15) is 70.1 Å². The summed E-state index contributed by atoms with van der Waals surface area (Å²) in [5.74, 6) is -5.09. The first-order valence-electron chi connectivity index (χ1n) is 20.8. The Kier molecular flexibility index (Phi) is 12.6. The molecular formula is C50H52F4N6. The minimum Gasteiger partial charge on any atom is -0.354 e. The second kappa shape index (κ2) is 18.0. The number of rotatable bonds is 17. The van der Waals surface area contributed by atoms with Crippen molar-refractivity contribution in [2.45, 2.75) is 86.2 Å². The molecule has 0 radical (unpaired) electrons. The van der Waals surface area contributed by atoms with Gasteiger partial charge < -0.3 is 19.8 Å². The topological polar surface area (TPSA) is 59.7 Å². The third-order valence-corrected chi connectivity index (χ3v) is 11.3. The van der Waals surface area contributed by atoms with Crippen molar-refractivity contribution in [3.63, 3.8) is 0 Å². The molecule has 0 bridgehead atoms. The first kappa shape index (κ1) is 42.0. The number of unbranched alkanes of at least 4 members (excludes halogenated alkanes) is 2. The fraction of sp³-hybridized carbons (Fsp3) is 0.280. The zero-order valence-electron chi connectivity index (χ0n) is 35.0. The van der Waals surface area contributed by atoms with Crippen molar-refractivity contribution in [1.29, 1.82) is 0 Å². The molecule has 10 heteroatoms.